The predicted molar refractivity (Wildman–Crippen MR) is 288 cm³/mol. The van der Waals surface area contributed by atoms with E-state index in [0.29, 0.717) is 19.4 Å². The van der Waals surface area contributed by atoms with E-state index in [1.807, 2.05) is 0 Å². The summed E-state index contributed by atoms with van der Waals surface area (Å²) in [6.45, 7) is 7.71. The Morgan fingerprint density at radius 1 is 0.348 bits per heavy atom. The minimum absolute atomic E-state index is 0.0760. The minimum Gasteiger partial charge on any atom is -0.462 e. The molecule has 0 radical (unpaired) electrons. The highest BCUT2D eigenvalue weighted by atomic mass is 16.6. The zero-order valence-corrected chi connectivity index (χ0v) is 44.2. The minimum atomic E-state index is -0.548. The molecule has 5 nitrogen and oxygen atoms in total. The van der Waals surface area contributed by atoms with Crippen LogP contribution in [0.15, 0.2) is 60.8 Å². The summed E-state index contributed by atoms with van der Waals surface area (Å²) in [7, 11) is 0. The fourth-order valence-electron chi connectivity index (χ4n) is 8.26. The molecule has 0 aromatic heterocycles. The second kappa shape index (κ2) is 56.9. The van der Waals surface area contributed by atoms with E-state index in [0.717, 1.165) is 83.5 Å². The molecular formula is C61H110O5. The third-order valence-corrected chi connectivity index (χ3v) is 12.5. The van der Waals surface area contributed by atoms with Crippen molar-refractivity contribution in [1.29, 1.82) is 0 Å². The fourth-order valence-corrected chi connectivity index (χ4v) is 8.26. The smallest absolute Gasteiger partial charge is 0.306 e. The van der Waals surface area contributed by atoms with Gasteiger partial charge in [0.25, 0.3) is 0 Å². The van der Waals surface area contributed by atoms with Crippen molar-refractivity contribution in [2.45, 2.75) is 297 Å². The number of unbranched alkanes of at least 4 members (excludes halogenated alkanes) is 32. The molecule has 0 saturated heterocycles. The van der Waals surface area contributed by atoms with E-state index < -0.39 is 6.10 Å². The summed E-state index contributed by atoms with van der Waals surface area (Å²) in [5, 5.41) is 0. The monoisotopic (exact) mass is 923 g/mol. The van der Waals surface area contributed by atoms with Gasteiger partial charge in [0.15, 0.2) is 6.10 Å². The first-order valence-electron chi connectivity index (χ1n) is 28.8. The molecule has 1 unspecified atom stereocenters. The third kappa shape index (κ3) is 54.2. The van der Waals surface area contributed by atoms with Gasteiger partial charge in [0.2, 0.25) is 0 Å². The van der Waals surface area contributed by atoms with Crippen molar-refractivity contribution in [3.8, 4) is 0 Å². The highest BCUT2D eigenvalue weighted by molar-refractivity contribution is 5.70. The van der Waals surface area contributed by atoms with Gasteiger partial charge < -0.3 is 14.2 Å². The van der Waals surface area contributed by atoms with Crippen LogP contribution in [-0.2, 0) is 23.8 Å². The lowest BCUT2D eigenvalue weighted by molar-refractivity contribution is -0.163. The van der Waals surface area contributed by atoms with Gasteiger partial charge in [0, 0.05) is 19.4 Å². The van der Waals surface area contributed by atoms with Crippen LogP contribution in [0.1, 0.15) is 290 Å². The largest absolute Gasteiger partial charge is 0.462 e. The summed E-state index contributed by atoms with van der Waals surface area (Å²) in [6, 6.07) is 0. The number of hydrogen-bond acceptors (Lipinski definition) is 5. The zero-order chi connectivity index (χ0) is 47.7. The predicted octanol–water partition coefficient (Wildman–Crippen LogP) is 19.7. The van der Waals surface area contributed by atoms with Gasteiger partial charge in [-0.05, 0) is 83.5 Å². The molecule has 0 aliphatic rings. The SMILES string of the molecule is CC/C=C\C/C=C\C/C=C\CCCCCCCC(=O)OC(COCCCCCCCCCCCCCCCCCCCC)COC(=O)CCCCCCCCC/C=C\C/C=C\CCCCC. The molecule has 0 aromatic carbocycles. The van der Waals surface area contributed by atoms with Crippen molar-refractivity contribution >= 4 is 11.9 Å². The summed E-state index contributed by atoms with van der Waals surface area (Å²) in [5.74, 6) is -0.413. The molecule has 0 aliphatic carbocycles. The first-order chi connectivity index (χ1) is 32.6. The summed E-state index contributed by atoms with van der Waals surface area (Å²) in [4.78, 5) is 25.5. The maximum Gasteiger partial charge on any atom is 0.306 e. The fraction of sp³-hybridized carbons (Fsp3) is 0.803. The summed E-state index contributed by atoms with van der Waals surface area (Å²) in [6.07, 6.45) is 72.4. The van der Waals surface area contributed by atoms with Gasteiger partial charge in [-0.3, -0.25) is 9.59 Å². The van der Waals surface area contributed by atoms with Gasteiger partial charge in [-0.25, -0.2) is 0 Å². The molecule has 0 bridgehead atoms. The quantitative estimate of drug-likeness (QED) is 0.0346. The van der Waals surface area contributed by atoms with Crippen LogP contribution in [0.5, 0.6) is 0 Å². The molecule has 0 amide bonds. The maximum atomic E-state index is 12.8. The Labute approximate surface area is 411 Å². The number of allylic oxidation sites excluding steroid dienone is 10. The van der Waals surface area contributed by atoms with Crippen molar-refractivity contribution in [3.05, 3.63) is 60.8 Å². The molecule has 384 valence electrons. The van der Waals surface area contributed by atoms with Crippen LogP contribution in [-0.4, -0.2) is 37.9 Å². The molecule has 1 atom stereocenters. The van der Waals surface area contributed by atoms with Crippen LogP contribution in [0.4, 0.5) is 0 Å². The van der Waals surface area contributed by atoms with Gasteiger partial charge in [0.05, 0.1) is 6.61 Å². The van der Waals surface area contributed by atoms with E-state index >= 15 is 0 Å². The van der Waals surface area contributed by atoms with Crippen LogP contribution < -0.4 is 0 Å². The average Bonchev–Trinajstić information content (AvgIpc) is 3.32. The third-order valence-electron chi connectivity index (χ3n) is 12.5. The van der Waals surface area contributed by atoms with Crippen LogP contribution in [0, 0.1) is 0 Å². The van der Waals surface area contributed by atoms with Gasteiger partial charge >= 0.3 is 11.9 Å². The Hall–Kier alpha value is -2.40. The first-order valence-corrected chi connectivity index (χ1v) is 28.8. The molecule has 0 saturated carbocycles. The zero-order valence-electron chi connectivity index (χ0n) is 44.2. The van der Waals surface area contributed by atoms with Crippen LogP contribution >= 0.6 is 0 Å². The molecule has 0 fully saturated rings. The summed E-state index contributed by atoms with van der Waals surface area (Å²) >= 11 is 0. The number of hydrogen-bond donors (Lipinski definition) is 0. The molecule has 0 rings (SSSR count). The van der Waals surface area contributed by atoms with Crippen molar-refractivity contribution in [3.63, 3.8) is 0 Å². The Bertz CT molecular complexity index is 1130. The highest BCUT2D eigenvalue weighted by Crippen LogP contribution is 2.16. The lowest BCUT2D eigenvalue weighted by Crippen LogP contribution is -2.30. The van der Waals surface area contributed by atoms with E-state index in [9.17, 15) is 9.59 Å². The second-order valence-electron chi connectivity index (χ2n) is 19.2. The number of carbonyl (C=O) groups is 2. The maximum absolute atomic E-state index is 12.8. The van der Waals surface area contributed by atoms with Crippen molar-refractivity contribution in [2.24, 2.45) is 0 Å². The Morgan fingerprint density at radius 3 is 1.12 bits per heavy atom. The Kier molecular flexibility index (Phi) is 54.9. The number of rotatable bonds is 53. The normalized spacial score (nSPS) is 12.6. The topological polar surface area (TPSA) is 61.8 Å². The van der Waals surface area contributed by atoms with E-state index in [-0.39, 0.29) is 25.2 Å². The lowest BCUT2D eigenvalue weighted by atomic mass is 10.0. The van der Waals surface area contributed by atoms with Gasteiger partial charge in [-0.2, -0.15) is 0 Å². The molecule has 0 spiro atoms. The molecule has 0 aromatic rings. The van der Waals surface area contributed by atoms with E-state index in [2.05, 4.69) is 81.5 Å². The lowest BCUT2D eigenvalue weighted by Gasteiger charge is -2.18. The van der Waals surface area contributed by atoms with Crippen molar-refractivity contribution in [2.75, 3.05) is 19.8 Å². The second-order valence-corrected chi connectivity index (χ2v) is 19.2. The van der Waals surface area contributed by atoms with Gasteiger partial charge in [-0.15, -0.1) is 0 Å². The number of esters is 2. The molecule has 66 heavy (non-hydrogen) atoms. The van der Waals surface area contributed by atoms with Crippen molar-refractivity contribution < 1.29 is 23.8 Å². The number of ether oxygens (including phenoxy) is 3. The van der Waals surface area contributed by atoms with Crippen molar-refractivity contribution in [1.82, 2.24) is 0 Å². The Morgan fingerprint density at radius 2 is 0.682 bits per heavy atom. The molecule has 0 aliphatic heterocycles. The molecule has 5 heteroatoms. The molecular weight excluding hydrogens is 813 g/mol. The highest BCUT2D eigenvalue weighted by Gasteiger charge is 2.17. The van der Waals surface area contributed by atoms with Crippen LogP contribution in [0.3, 0.4) is 0 Å². The Balaban J connectivity index is 4.27. The van der Waals surface area contributed by atoms with E-state index in [4.69, 9.17) is 14.2 Å². The molecule has 0 heterocycles. The summed E-state index contributed by atoms with van der Waals surface area (Å²) < 4.78 is 17.5. The molecule has 0 N–H and O–H groups in total. The number of carbonyl (C=O) groups excluding carboxylic acids is 2. The van der Waals surface area contributed by atoms with Gasteiger partial charge in [-0.1, -0.05) is 255 Å². The van der Waals surface area contributed by atoms with E-state index in [1.165, 1.54) is 173 Å². The van der Waals surface area contributed by atoms with Gasteiger partial charge in [0.1, 0.15) is 6.61 Å². The summed E-state index contributed by atoms with van der Waals surface area (Å²) in [5.41, 5.74) is 0. The first kappa shape index (κ1) is 63.6. The van der Waals surface area contributed by atoms with Crippen LogP contribution in [0.2, 0.25) is 0 Å². The van der Waals surface area contributed by atoms with Crippen LogP contribution in [0.25, 0.3) is 0 Å². The van der Waals surface area contributed by atoms with E-state index in [1.54, 1.807) is 0 Å². The standard InChI is InChI=1S/C61H110O5/c1-4-7-10-13-16-19-22-25-28-30-32-35-38-41-44-47-50-53-56-64-57-59(66-61(63)55-52-49-46-43-40-37-33-27-24-21-18-15-12-9-6-3)58-65-60(62)54-51-48-45-42-39-36-34-31-29-26-23-20-17-14-11-8-5-2/h9,12,17-18,20-21,26-27,29,33,59H,4-8,10-11,13-16,19,22-25,28,30-32,34-58H2,1-3H3/b12-9-,20-17-,21-18-,29-26-,33-27-. The average molecular weight is 924 g/mol.